The van der Waals surface area contributed by atoms with E-state index in [1.807, 2.05) is 25.1 Å². The summed E-state index contributed by atoms with van der Waals surface area (Å²) in [6.45, 7) is 6.57. The molecule has 1 atom stereocenters. The fourth-order valence-electron chi connectivity index (χ4n) is 4.25. The van der Waals surface area contributed by atoms with Crippen molar-refractivity contribution in [2.24, 2.45) is 5.92 Å². The van der Waals surface area contributed by atoms with E-state index in [-0.39, 0.29) is 30.7 Å². The standard InChI is InChI=1S/C29H35FN2O5/c1-18(2)14-25(31-22-9-6-20(7-10-22)29(35)32(4)13-12-28(33)34)24-16-26(37-27(24)17-36-5)23-11-8-21(30)15-19(23)3/h6-11,15-16,18,25,31H,12-14,17H2,1-5H3,(H,33,34). The van der Waals surface area contributed by atoms with E-state index in [2.05, 4.69) is 19.2 Å². The monoisotopic (exact) mass is 510 g/mol. The number of methoxy groups -OCH3 is 1. The molecule has 8 heteroatoms. The molecule has 1 heterocycles. The zero-order valence-electron chi connectivity index (χ0n) is 22.0. The van der Waals surface area contributed by atoms with E-state index in [0.717, 1.165) is 28.8 Å². The number of aliphatic carboxylic acids is 1. The van der Waals surface area contributed by atoms with Gasteiger partial charge in [-0.25, -0.2) is 4.39 Å². The van der Waals surface area contributed by atoms with Crippen LogP contribution in [0.25, 0.3) is 11.3 Å². The van der Waals surface area contributed by atoms with Crippen molar-refractivity contribution in [1.29, 1.82) is 0 Å². The molecule has 2 aromatic carbocycles. The zero-order valence-corrected chi connectivity index (χ0v) is 22.0. The summed E-state index contributed by atoms with van der Waals surface area (Å²) in [6.07, 6.45) is 0.712. The van der Waals surface area contributed by atoms with Crippen molar-refractivity contribution < 1.29 is 28.2 Å². The molecule has 0 fully saturated rings. The largest absolute Gasteiger partial charge is 0.481 e. The van der Waals surface area contributed by atoms with E-state index < -0.39 is 5.97 Å². The molecule has 2 N–H and O–H groups in total. The second-order valence-corrected chi connectivity index (χ2v) is 9.66. The van der Waals surface area contributed by atoms with Gasteiger partial charge in [0, 0.05) is 43.1 Å². The molecule has 0 bridgehead atoms. The van der Waals surface area contributed by atoms with Gasteiger partial charge in [-0.1, -0.05) is 13.8 Å². The Morgan fingerprint density at radius 3 is 2.43 bits per heavy atom. The van der Waals surface area contributed by atoms with Gasteiger partial charge in [-0.2, -0.15) is 0 Å². The lowest BCUT2D eigenvalue weighted by Gasteiger charge is -2.22. The maximum absolute atomic E-state index is 13.7. The Bertz CT molecular complexity index is 1220. The van der Waals surface area contributed by atoms with Gasteiger partial charge in [-0.3, -0.25) is 9.59 Å². The highest BCUT2D eigenvalue weighted by Crippen LogP contribution is 2.36. The molecule has 3 rings (SSSR count). The van der Waals surface area contributed by atoms with Crippen molar-refractivity contribution in [2.45, 2.75) is 46.3 Å². The van der Waals surface area contributed by atoms with E-state index in [4.69, 9.17) is 14.3 Å². The molecule has 0 aliphatic rings. The van der Waals surface area contributed by atoms with Gasteiger partial charge in [0.25, 0.3) is 5.91 Å². The first kappa shape index (κ1) is 27.9. The van der Waals surface area contributed by atoms with Crippen LogP contribution in [0.4, 0.5) is 10.1 Å². The van der Waals surface area contributed by atoms with Crippen LogP contribution in [0.3, 0.4) is 0 Å². The molecule has 0 saturated carbocycles. The number of ether oxygens (including phenoxy) is 1. The van der Waals surface area contributed by atoms with E-state index in [9.17, 15) is 14.0 Å². The molecule has 1 amide bonds. The van der Waals surface area contributed by atoms with Crippen molar-refractivity contribution in [1.82, 2.24) is 4.90 Å². The minimum atomic E-state index is -0.944. The normalized spacial score (nSPS) is 12.0. The van der Waals surface area contributed by atoms with Crippen molar-refractivity contribution >= 4 is 17.6 Å². The van der Waals surface area contributed by atoms with Crippen LogP contribution < -0.4 is 5.32 Å². The number of benzene rings is 2. The minimum Gasteiger partial charge on any atom is -0.481 e. The highest BCUT2D eigenvalue weighted by molar-refractivity contribution is 5.94. The number of hydrogen-bond donors (Lipinski definition) is 2. The first-order chi connectivity index (χ1) is 17.6. The number of rotatable bonds is 12. The summed E-state index contributed by atoms with van der Waals surface area (Å²) in [4.78, 5) is 24.8. The lowest BCUT2D eigenvalue weighted by atomic mass is 9.95. The number of halogens is 1. The Morgan fingerprint density at radius 2 is 1.84 bits per heavy atom. The summed E-state index contributed by atoms with van der Waals surface area (Å²) in [5.74, 6) is 0.261. The Morgan fingerprint density at radius 1 is 1.14 bits per heavy atom. The van der Waals surface area contributed by atoms with E-state index in [1.54, 1.807) is 32.4 Å². The Balaban J connectivity index is 1.87. The second-order valence-electron chi connectivity index (χ2n) is 9.66. The number of amides is 1. The van der Waals surface area contributed by atoms with Gasteiger partial charge in [-0.05, 0) is 73.4 Å². The number of aryl methyl sites for hydroxylation is 1. The molecular formula is C29H35FN2O5. The highest BCUT2D eigenvalue weighted by atomic mass is 19.1. The second kappa shape index (κ2) is 12.5. The number of anilines is 1. The maximum atomic E-state index is 13.7. The lowest BCUT2D eigenvalue weighted by Crippen LogP contribution is -2.29. The molecular weight excluding hydrogens is 475 g/mol. The van der Waals surface area contributed by atoms with Gasteiger partial charge in [-0.15, -0.1) is 0 Å². The maximum Gasteiger partial charge on any atom is 0.305 e. The van der Waals surface area contributed by atoms with Crippen LogP contribution in [-0.4, -0.2) is 42.6 Å². The number of carbonyl (C=O) groups excluding carboxylic acids is 1. The smallest absolute Gasteiger partial charge is 0.305 e. The first-order valence-electron chi connectivity index (χ1n) is 12.3. The van der Waals surface area contributed by atoms with Crippen LogP contribution in [0, 0.1) is 18.7 Å². The third kappa shape index (κ3) is 7.43. The number of carboxylic acid groups (broad SMARTS) is 1. The van der Waals surface area contributed by atoms with Crippen molar-refractivity contribution in [3.63, 3.8) is 0 Å². The molecule has 1 aromatic heterocycles. The SMILES string of the molecule is COCc1oc(-c2ccc(F)cc2C)cc1C(CC(C)C)Nc1ccc(C(=O)N(C)CCC(=O)O)cc1. The fourth-order valence-corrected chi connectivity index (χ4v) is 4.25. The van der Waals surface area contributed by atoms with Gasteiger partial charge in [0.05, 0.1) is 12.5 Å². The molecule has 198 valence electrons. The Kier molecular flexibility index (Phi) is 9.47. The number of furan rings is 1. The van der Waals surface area contributed by atoms with Crippen LogP contribution in [0.5, 0.6) is 0 Å². The van der Waals surface area contributed by atoms with Gasteiger partial charge in [0.2, 0.25) is 0 Å². The molecule has 3 aromatic rings. The third-order valence-corrected chi connectivity index (χ3v) is 6.13. The molecule has 0 spiro atoms. The zero-order chi connectivity index (χ0) is 27.1. The average Bonchev–Trinajstić information content (AvgIpc) is 3.25. The number of nitrogens with zero attached hydrogens (tertiary/aromatic N) is 1. The molecule has 37 heavy (non-hydrogen) atoms. The molecule has 0 aliphatic heterocycles. The summed E-state index contributed by atoms with van der Waals surface area (Å²) in [5.41, 5.74) is 3.88. The quantitative estimate of drug-likeness (QED) is 0.298. The summed E-state index contributed by atoms with van der Waals surface area (Å²) in [6, 6.07) is 13.7. The van der Waals surface area contributed by atoms with Crippen molar-refractivity contribution in [2.75, 3.05) is 26.0 Å². The first-order valence-corrected chi connectivity index (χ1v) is 12.3. The molecule has 1 unspecified atom stereocenters. The van der Waals surface area contributed by atoms with Crippen LogP contribution in [0.1, 0.15) is 60.0 Å². The van der Waals surface area contributed by atoms with Crippen molar-refractivity contribution in [3.8, 4) is 11.3 Å². The van der Waals surface area contributed by atoms with Gasteiger partial charge in [0.1, 0.15) is 23.9 Å². The molecule has 7 nitrogen and oxygen atoms in total. The van der Waals surface area contributed by atoms with Crippen LogP contribution in [0.15, 0.2) is 52.9 Å². The van der Waals surface area contributed by atoms with Crippen molar-refractivity contribution in [3.05, 3.63) is 76.8 Å². The number of carboxylic acids is 1. The number of carbonyl (C=O) groups is 2. The molecule has 0 radical (unpaired) electrons. The molecule has 0 saturated heterocycles. The average molecular weight is 511 g/mol. The summed E-state index contributed by atoms with van der Waals surface area (Å²) >= 11 is 0. The summed E-state index contributed by atoms with van der Waals surface area (Å²) in [5, 5.41) is 12.4. The number of hydrogen-bond acceptors (Lipinski definition) is 5. The predicted octanol–water partition coefficient (Wildman–Crippen LogP) is 6.29. The van der Waals surface area contributed by atoms with Crippen LogP contribution in [-0.2, 0) is 16.1 Å². The van der Waals surface area contributed by atoms with Crippen LogP contribution in [0.2, 0.25) is 0 Å². The number of nitrogens with one attached hydrogen (secondary N) is 1. The third-order valence-electron chi connectivity index (χ3n) is 6.13. The fraction of sp³-hybridized carbons (Fsp3) is 0.379. The highest BCUT2D eigenvalue weighted by Gasteiger charge is 2.23. The summed E-state index contributed by atoms with van der Waals surface area (Å²) in [7, 11) is 3.20. The Labute approximate surface area is 217 Å². The summed E-state index contributed by atoms with van der Waals surface area (Å²) < 4.78 is 25.3. The van der Waals surface area contributed by atoms with Gasteiger partial charge < -0.3 is 24.5 Å². The Hall–Kier alpha value is -3.65. The molecule has 0 aliphatic carbocycles. The van der Waals surface area contributed by atoms with E-state index >= 15 is 0 Å². The van der Waals surface area contributed by atoms with E-state index in [1.165, 1.54) is 17.0 Å². The predicted molar refractivity (Wildman–Crippen MR) is 141 cm³/mol. The van der Waals surface area contributed by atoms with E-state index in [0.29, 0.717) is 29.6 Å². The van der Waals surface area contributed by atoms with Crippen LogP contribution >= 0.6 is 0 Å². The minimum absolute atomic E-state index is 0.0943. The topological polar surface area (TPSA) is 92.0 Å². The van der Waals surface area contributed by atoms with Gasteiger partial charge >= 0.3 is 5.97 Å². The van der Waals surface area contributed by atoms with Gasteiger partial charge in [0.15, 0.2) is 0 Å². The lowest BCUT2D eigenvalue weighted by molar-refractivity contribution is -0.137.